The predicted molar refractivity (Wildman–Crippen MR) is 80.1 cm³/mol. The zero-order valence-electron chi connectivity index (χ0n) is 11.9. The maximum atomic E-state index is 10.8. The van der Waals surface area contributed by atoms with E-state index in [0.29, 0.717) is 12.0 Å². The van der Waals surface area contributed by atoms with Gasteiger partial charge in [-0.25, -0.2) is 4.98 Å². The van der Waals surface area contributed by atoms with Crippen molar-refractivity contribution in [2.24, 2.45) is 5.92 Å². The summed E-state index contributed by atoms with van der Waals surface area (Å²) in [4.78, 5) is 19.4. The van der Waals surface area contributed by atoms with Crippen LogP contribution in [0.2, 0.25) is 0 Å². The number of carboxylic acid groups (broad SMARTS) is 1. The van der Waals surface area contributed by atoms with Crippen molar-refractivity contribution in [3.63, 3.8) is 0 Å². The molecule has 1 unspecified atom stereocenters. The van der Waals surface area contributed by atoms with Crippen molar-refractivity contribution >= 4 is 28.8 Å². The smallest absolute Gasteiger partial charge is 0.313 e. The SMILES string of the molecule is CCC(C(C)C)n1c(SCC(=O)O)nc2cnccc21. The maximum Gasteiger partial charge on any atom is 0.313 e. The van der Waals surface area contributed by atoms with Gasteiger partial charge >= 0.3 is 5.97 Å². The van der Waals surface area contributed by atoms with Crippen LogP contribution in [0.15, 0.2) is 23.6 Å². The van der Waals surface area contributed by atoms with Crippen LogP contribution >= 0.6 is 11.8 Å². The van der Waals surface area contributed by atoms with Crippen LogP contribution < -0.4 is 0 Å². The summed E-state index contributed by atoms with van der Waals surface area (Å²) in [6, 6.07) is 2.25. The minimum Gasteiger partial charge on any atom is -0.481 e. The van der Waals surface area contributed by atoms with Crippen LogP contribution in [0, 0.1) is 5.92 Å². The van der Waals surface area contributed by atoms with E-state index in [1.807, 2.05) is 6.07 Å². The third-order valence-electron chi connectivity index (χ3n) is 3.30. The van der Waals surface area contributed by atoms with Gasteiger partial charge in [0.2, 0.25) is 0 Å². The summed E-state index contributed by atoms with van der Waals surface area (Å²) >= 11 is 1.27. The lowest BCUT2D eigenvalue weighted by Gasteiger charge is -2.23. The number of carbonyl (C=O) groups is 1. The van der Waals surface area contributed by atoms with Crippen LogP contribution in [0.25, 0.3) is 11.0 Å². The molecule has 108 valence electrons. The van der Waals surface area contributed by atoms with E-state index in [2.05, 4.69) is 35.3 Å². The van der Waals surface area contributed by atoms with Gasteiger partial charge in [0, 0.05) is 12.2 Å². The molecule has 0 fully saturated rings. The van der Waals surface area contributed by atoms with E-state index in [0.717, 1.165) is 22.6 Å². The summed E-state index contributed by atoms with van der Waals surface area (Å²) in [5.74, 6) is -0.357. The number of nitrogens with zero attached hydrogens (tertiary/aromatic N) is 3. The van der Waals surface area contributed by atoms with Crippen LogP contribution in [-0.4, -0.2) is 31.4 Å². The van der Waals surface area contributed by atoms with Crippen molar-refractivity contribution in [3.05, 3.63) is 18.5 Å². The highest BCUT2D eigenvalue weighted by Gasteiger charge is 2.21. The largest absolute Gasteiger partial charge is 0.481 e. The average Bonchev–Trinajstić information content (AvgIpc) is 2.76. The highest BCUT2D eigenvalue weighted by atomic mass is 32.2. The first-order chi connectivity index (χ1) is 9.54. The molecule has 20 heavy (non-hydrogen) atoms. The Balaban J connectivity index is 2.51. The molecule has 0 aliphatic carbocycles. The van der Waals surface area contributed by atoms with Gasteiger partial charge < -0.3 is 9.67 Å². The molecule has 5 nitrogen and oxygen atoms in total. The van der Waals surface area contributed by atoms with Crippen LogP contribution in [0.3, 0.4) is 0 Å². The molecule has 2 aromatic rings. The topological polar surface area (TPSA) is 68.0 Å². The van der Waals surface area contributed by atoms with E-state index in [1.165, 1.54) is 11.8 Å². The van der Waals surface area contributed by atoms with Gasteiger partial charge in [-0.3, -0.25) is 9.78 Å². The summed E-state index contributed by atoms with van der Waals surface area (Å²) in [7, 11) is 0. The Kier molecular flexibility index (Phi) is 4.65. The Hall–Kier alpha value is -1.56. The standard InChI is InChI=1S/C14H19N3O2S/c1-4-11(9(2)3)17-12-5-6-15-7-10(12)16-14(17)20-8-13(18)19/h5-7,9,11H,4,8H2,1-3H3,(H,18,19). The van der Waals surface area contributed by atoms with E-state index in [4.69, 9.17) is 5.11 Å². The van der Waals surface area contributed by atoms with Crippen molar-refractivity contribution < 1.29 is 9.90 Å². The molecule has 0 aliphatic heterocycles. The number of hydrogen-bond donors (Lipinski definition) is 1. The number of imidazole rings is 1. The maximum absolute atomic E-state index is 10.8. The predicted octanol–water partition coefficient (Wildman–Crippen LogP) is 3.22. The molecule has 6 heteroatoms. The van der Waals surface area contributed by atoms with Crippen molar-refractivity contribution in [2.75, 3.05) is 5.75 Å². The molecule has 0 radical (unpaired) electrons. The summed E-state index contributed by atoms with van der Waals surface area (Å²) in [5, 5.41) is 9.64. The minimum atomic E-state index is -0.829. The summed E-state index contributed by atoms with van der Waals surface area (Å²) in [6.45, 7) is 6.49. The van der Waals surface area contributed by atoms with Crippen molar-refractivity contribution in [1.82, 2.24) is 14.5 Å². The van der Waals surface area contributed by atoms with Crippen molar-refractivity contribution in [1.29, 1.82) is 0 Å². The number of pyridine rings is 1. The zero-order chi connectivity index (χ0) is 14.7. The van der Waals surface area contributed by atoms with Crippen LogP contribution in [-0.2, 0) is 4.79 Å². The molecule has 0 saturated heterocycles. The highest BCUT2D eigenvalue weighted by molar-refractivity contribution is 7.99. The fourth-order valence-corrected chi connectivity index (χ4v) is 3.22. The second-order valence-electron chi connectivity index (χ2n) is 5.03. The van der Waals surface area contributed by atoms with Gasteiger partial charge in [0.1, 0.15) is 5.52 Å². The van der Waals surface area contributed by atoms with E-state index in [-0.39, 0.29) is 5.75 Å². The Labute approximate surface area is 122 Å². The number of carboxylic acids is 1. The highest BCUT2D eigenvalue weighted by Crippen LogP contribution is 2.32. The average molecular weight is 293 g/mol. The molecule has 1 atom stereocenters. The molecule has 0 saturated carbocycles. The number of hydrogen-bond acceptors (Lipinski definition) is 4. The van der Waals surface area contributed by atoms with E-state index in [9.17, 15) is 4.79 Å². The zero-order valence-corrected chi connectivity index (χ0v) is 12.7. The number of fused-ring (bicyclic) bond motifs is 1. The number of rotatable bonds is 6. The Morgan fingerprint density at radius 1 is 1.50 bits per heavy atom. The fraction of sp³-hybridized carbons (Fsp3) is 0.500. The third kappa shape index (κ3) is 2.95. The number of aromatic nitrogens is 3. The summed E-state index contributed by atoms with van der Waals surface area (Å²) < 4.78 is 2.16. The minimum absolute atomic E-state index is 0.0191. The molecule has 0 aromatic carbocycles. The van der Waals surface area contributed by atoms with E-state index < -0.39 is 5.97 Å². The first kappa shape index (κ1) is 14.8. The number of aliphatic carboxylic acids is 1. The molecule has 2 rings (SSSR count). The quantitative estimate of drug-likeness (QED) is 0.828. The summed E-state index contributed by atoms with van der Waals surface area (Å²) in [6.07, 6.45) is 4.45. The van der Waals surface area contributed by atoms with Gasteiger partial charge in [-0.05, 0) is 18.4 Å². The molecule has 1 N–H and O–H groups in total. The van der Waals surface area contributed by atoms with Gasteiger partial charge in [0.15, 0.2) is 5.16 Å². The second kappa shape index (κ2) is 6.26. The molecule has 0 aliphatic rings. The fourth-order valence-electron chi connectivity index (χ4n) is 2.43. The summed E-state index contributed by atoms with van der Waals surface area (Å²) in [5.41, 5.74) is 1.84. The first-order valence-electron chi connectivity index (χ1n) is 6.71. The molecule has 2 aromatic heterocycles. The number of thioether (sulfide) groups is 1. The van der Waals surface area contributed by atoms with Gasteiger partial charge in [0.25, 0.3) is 0 Å². The molecule has 0 amide bonds. The lowest BCUT2D eigenvalue weighted by atomic mass is 10.0. The van der Waals surface area contributed by atoms with Crippen LogP contribution in [0.5, 0.6) is 0 Å². The second-order valence-corrected chi connectivity index (χ2v) is 5.97. The van der Waals surface area contributed by atoms with Crippen molar-refractivity contribution in [3.8, 4) is 0 Å². The Morgan fingerprint density at radius 3 is 2.85 bits per heavy atom. The van der Waals surface area contributed by atoms with Crippen molar-refractivity contribution in [2.45, 2.75) is 38.4 Å². The molecular formula is C14H19N3O2S. The Bertz CT molecular complexity index is 609. The van der Waals surface area contributed by atoms with Gasteiger partial charge in [0.05, 0.1) is 17.5 Å². The Morgan fingerprint density at radius 2 is 2.25 bits per heavy atom. The lowest BCUT2D eigenvalue weighted by molar-refractivity contribution is -0.133. The van der Waals surface area contributed by atoms with Crippen LogP contribution in [0.1, 0.15) is 33.2 Å². The molecular weight excluding hydrogens is 274 g/mol. The molecule has 0 bridgehead atoms. The van der Waals surface area contributed by atoms with E-state index in [1.54, 1.807) is 12.4 Å². The molecule has 0 spiro atoms. The lowest BCUT2D eigenvalue weighted by Crippen LogP contribution is -2.15. The van der Waals surface area contributed by atoms with E-state index >= 15 is 0 Å². The van der Waals surface area contributed by atoms with Gasteiger partial charge in [-0.2, -0.15) is 0 Å². The van der Waals surface area contributed by atoms with Gasteiger partial charge in [-0.15, -0.1) is 0 Å². The first-order valence-corrected chi connectivity index (χ1v) is 7.69. The van der Waals surface area contributed by atoms with Crippen LogP contribution in [0.4, 0.5) is 0 Å². The normalized spacial score (nSPS) is 13.0. The molecule has 2 heterocycles. The monoisotopic (exact) mass is 293 g/mol. The van der Waals surface area contributed by atoms with Gasteiger partial charge in [-0.1, -0.05) is 32.5 Å². The third-order valence-corrected chi connectivity index (χ3v) is 4.24.